The number of nitrogens with one attached hydrogen (secondary N) is 1. The van der Waals surface area contributed by atoms with Gasteiger partial charge in [-0.3, -0.25) is 9.59 Å². The van der Waals surface area contributed by atoms with Crippen LogP contribution in [0.1, 0.15) is 60.9 Å². The fourth-order valence-electron chi connectivity index (χ4n) is 3.71. The van der Waals surface area contributed by atoms with Crippen LogP contribution in [0.15, 0.2) is 23.1 Å². The second kappa shape index (κ2) is 7.60. The molecule has 0 spiro atoms. The van der Waals surface area contributed by atoms with Crippen LogP contribution in [-0.2, 0) is 4.79 Å². The quantitative estimate of drug-likeness (QED) is 0.844. The first-order chi connectivity index (χ1) is 11.5. The van der Waals surface area contributed by atoms with Crippen molar-refractivity contribution in [1.29, 1.82) is 0 Å². The van der Waals surface area contributed by atoms with Crippen molar-refractivity contribution in [3.05, 3.63) is 29.3 Å². The van der Waals surface area contributed by atoms with Gasteiger partial charge < -0.3 is 10.4 Å². The molecule has 1 aromatic carbocycles. The highest BCUT2D eigenvalue weighted by Crippen LogP contribution is 2.36. The number of amides is 1. The molecular weight excluding hydrogens is 322 g/mol. The Balaban J connectivity index is 1.69. The van der Waals surface area contributed by atoms with Crippen molar-refractivity contribution in [2.24, 2.45) is 5.92 Å². The molecule has 2 atom stereocenters. The molecule has 0 bridgehead atoms. The maximum atomic E-state index is 12.8. The van der Waals surface area contributed by atoms with Crippen LogP contribution in [0.25, 0.3) is 0 Å². The largest absolute Gasteiger partial charge is 0.481 e. The van der Waals surface area contributed by atoms with Crippen LogP contribution in [-0.4, -0.2) is 28.3 Å². The highest BCUT2D eigenvalue weighted by Gasteiger charge is 2.31. The molecule has 0 heterocycles. The van der Waals surface area contributed by atoms with Crippen molar-refractivity contribution < 1.29 is 14.7 Å². The molecule has 1 aromatic rings. The Kier molecular flexibility index (Phi) is 5.49. The lowest BCUT2D eigenvalue weighted by Gasteiger charge is -2.17. The lowest BCUT2D eigenvalue weighted by molar-refractivity contribution is -0.141. The topological polar surface area (TPSA) is 66.4 Å². The Morgan fingerprint density at radius 1 is 1.17 bits per heavy atom. The number of thioether (sulfide) groups is 1. The summed E-state index contributed by atoms with van der Waals surface area (Å²) >= 11 is 1.82. The van der Waals surface area contributed by atoms with E-state index < -0.39 is 5.97 Å². The summed E-state index contributed by atoms with van der Waals surface area (Å²) in [7, 11) is 0. The highest BCUT2D eigenvalue weighted by molar-refractivity contribution is 8.00. The molecule has 24 heavy (non-hydrogen) atoms. The lowest BCUT2D eigenvalue weighted by Crippen LogP contribution is -2.33. The van der Waals surface area contributed by atoms with E-state index in [1.165, 1.54) is 25.7 Å². The van der Waals surface area contributed by atoms with Crippen molar-refractivity contribution in [3.8, 4) is 0 Å². The van der Waals surface area contributed by atoms with Gasteiger partial charge >= 0.3 is 5.97 Å². The molecule has 3 rings (SSSR count). The highest BCUT2D eigenvalue weighted by atomic mass is 32.2. The number of carbonyl (C=O) groups is 2. The van der Waals surface area contributed by atoms with Crippen LogP contribution < -0.4 is 5.32 Å². The van der Waals surface area contributed by atoms with Crippen LogP contribution in [0.4, 0.5) is 0 Å². The van der Waals surface area contributed by atoms with Crippen molar-refractivity contribution in [3.63, 3.8) is 0 Å². The molecule has 2 aliphatic rings. The van der Waals surface area contributed by atoms with Gasteiger partial charge in [0.05, 0.1) is 11.5 Å². The van der Waals surface area contributed by atoms with Gasteiger partial charge in [-0.15, -0.1) is 11.8 Å². The van der Waals surface area contributed by atoms with E-state index in [1.807, 2.05) is 24.8 Å². The van der Waals surface area contributed by atoms with Gasteiger partial charge in [-0.05, 0) is 51.2 Å². The molecule has 0 saturated heterocycles. The minimum Gasteiger partial charge on any atom is -0.481 e. The van der Waals surface area contributed by atoms with Crippen molar-refractivity contribution in [2.75, 3.05) is 0 Å². The van der Waals surface area contributed by atoms with E-state index >= 15 is 0 Å². The first-order valence-corrected chi connectivity index (χ1v) is 9.72. The molecule has 2 aliphatic carbocycles. The molecule has 1 amide bonds. The maximum absolute atomic E-state index is 12.8. The molecule has 5 heteroatoms. The van der Waals surface area contributed by atoms with E-state index in [0.717, 1.165) is 22.4 Å². The maximum Gasteiger partial charge on any atom is 0.306 e. The first kappa shape index (κ1) is 17.3. The number of aryl methyl sites for hydroxylation is 1. The third-order valence-electron chi connectivity index (χ3n) is 5.09. The predicted octanol–water partition coefficient (Wildman–Crippen LogP) is 4.01. The molecule has 0 aliphatic heterocycles. The number of carboxylic acid groups (broad SMARTS) is 1. The third kappa shape index (κ3) is 4.12. The van der Waals surface area contributed by atoms with Crippen LogP contribution in [0.3, 0.4) is 0 Å². The number of carbonyl (C=O) groups excluding carboxylic acids is 1. The summed E-state index contributed by atoms with van der Waals surface area (Å²) in [6.07, 6.45) is 6.95. The molecule has 0 aromatic heterocycles. The molecular formula is C19H25NO3S. The van der Waals surface area contributed by atoms with E-state index in [4.69, 9.17) is 5.11 Å². The molecule has 130 valence electrons. The number of aliphatic carboxylic acids is 1. The van der Waals surface area contributed by atoms with E-state index in [0.29, 0.717) is 18.1 Å². The van der Waals surface area contributed by atoms with Crippen molar-refractivity contribution in [1.82, 2.24) is 5.32 Å². The third-order valence-corrected chi connectivity index (χ3v) is 6.51. The Labute approximate surface area is 147 Å². The monoisotopic (exact) mass is 347 g/mol. The summed E-state index contributed by atoms with van der Waals surface area (Å²) in [4.78, 5) is 24.9. The van der Waals surface area contributed by atoms with Crippen LogP contribution >= 0.6 is 11.8 Å². The number of hydrogen-bond acceptors (Lipinski definition) is 3. The fraction of sp³-hybridized carbons (Fsp3) is 0.579. The summed E-state index contributed by atoms with van der Waals surface area (Å²) in [6, 6.07) is 6.05. The molecule has 0 radical (unpaired) electrons. The second-order valence-corrected chi connectivity index (χ2v) is 8.38. The number of benzene rings is 1. The average Bonchev–Trinajstić information content (AvgIpc) is 3.20. The van der Waals surface area contributed by atoms with Gasteiger partial charge in [0.2, 0.25) is 0 Å². The summed E-state index contributed by atoms with van der Waals surface area (Å²) in [5, 5.41) is 12.8. The van der Waals surface area contributed by atoms with Gasteiger partial charge in [0.25, 0.3) is 5.91 Å². The number of rotatable bonds is 5. The minimum atomic E-state index is -0.750. The van der Waals surface area contributed by atoms with Gasteiger partial charge in [-0.1, -0.05) is 24.5 Å². The predicted molar refractivity (Wildman–Crippen MR) is 95.5 cm³/mol. The molecule has 2 fully saturated rings. The number of carboxylic acids is 1. The SMILES string of the molecule is Cc1ccc(SC2CCCC2)c(C(=O)N[C@@H]2CC[C@H](C(=O)O)C2)c1. The molecule has 2 N–H and O–H groups in total. The van der Waals surface area contributed by atoms with E-state index in [1.54, 1.807) is 0 Å². The Hall–Kier alpha value is -1.49. The van der Waals surface area contributed by atoms with Crippen molar-refractivity contribution >= 4 is 23.6 Å². The zero-order chi connectivity index (χ0) is 17.1. The Morgan fingerprint density at radius 2 is 1.92 bits per heavy atom. The number of hydrogen-bond donors (Lipinski definition) is 2. The average molecular weight is 347 g/mol. The fourth-order valence-corrected chi connectivity index (χ4v) is 5.06. The zero-order valence-electron chi connectivity index (χ0n) is 14.1. The van der Waals surface area contributed by atoms with Crippen LogP contribution in [0, 0.1) is 12.8 Å². The van der Waals surface area contributed by atoms with Gasteiger partial charge in [-0.2, -0.15) is 0 Å². The smallest absolute Gasteiger partial charge is 0.306 e. The van der Waals surface area contributed by atoms with E-state index in [2.05, 4.69) is 17.4 Å². The summed E-state index contributed by atoms with van der Waals surface area (Å²) in [5.74, 6) is -1.13. The van der Waals surface area contributed by atoms with Gasteiger partial charge in [0, 0.05) is 16.2 Å². The minimum absolute atomic E-state index is 0.0246. The van der Waals surface area contributed by atoms with E-state index in [9.17, 15) is 9.59 Å². The van der Waals surface area contributed by atoms with Gasteiger partial charge in [0.1, 0.15) is 0 Å². The van der Waals surface area contributed by atoms with Crippen LogP contribution in [0.5, 0.6) is 0 Å². The van der Waals surface area contributed by atoms with Gasteiger partial charge in [0.15, 0.2) is 0 Å². The van der Waals surface area contributed by atoms with Crippen molar-refractivity contribution in [2.45, 2.75) is 68.1 Å². The summed E-state index contributed by atoms with van der Waals surface area (Å²) < 4.78 is 0. The molecule has 4 nitrogen and oxygen atoms in total. The Bertz CT molecular complexity index is 625. The second-order valence-electron chi connectivity index (χ2n) is 7.04. The lowest BCUT2D eigenvalue weighted by atomic mass is 10.1. The molecule has 0 unspecified atom stereocenters. The Morgan fingerprint density at radius 3 is 2.58 bits per heavy atom. The standard InChI is InChI=1S/C19H25NO3S/c1-12-6-9-17(24-15-4-2-3-5-15)16(10-12)18(21)20-14-8-7-13(11-14)19(22)23/h6,9-10,13-15H,2-5,7-8,11H2,1H3,(H,20,21)(H,22,23)/t13-,14+/m0/s1. The normalized spacial score (nSPS) is 24.2. The summed E-state index contributed by atoms with van der Waals surface area (Å²) in [6.45, 7) is 2.00. The molecule has 2 saturated carbocycles. The summed E-state index contributed by atoms with van der Waals surface area (Å²) in [5.41, 5.74) is 1.82. The van der Waals surface area contributed by atoms with E-state index in [-0.39, 0.29) is 17.9 Å². The van der Waals surface area contributed by atoms with Gasteiger partial charge in [-0.25, -0.2) is 0 Å². The first-order valence-electron chi connectivity index (χ1n) is 8.84. The zero-order valence-corrected chi connectivity index (χ0v) is 14.9. The van der Waals surface area contributed by atoms with Crippen LogP contribution in [0.2, 0.25) is 0 Å².